The average Bonchev–Trinajstić information content (AvgIpc) is 2.72. The van der Waals surface area contributed by atoms with E-state index in [0.717, 1.165) is 11.3 Å². The zero-order valence-corrected chi connectivity index (χ0v) is 11.3. The van der Waals surface area contributed by atoms with E-state index in [1.54, 1.807) is 16.8 Å². The lowest BCUT2D eigenvalue weighted by atomic mass is 10.0. The van der Waals surface area contributed by atoms with Crippen molar-refractivity contribution in [3.8, 4) is 0 Å². The van der Waals surface area contributed by atoms with Crippen LogP contribution in [0.25, 0.3) is 0 Å². The first-order chi connectivity index (χ1) is 8.60. The van der Waals surface area contributed by atoms with Gasteiger partial charge in [0.25, 0.3) is 0 Å². The molecule has 1 heterocycles. The van der Waals surface area contributed by atoms with E-state index in [1.807, 2.05) is 19.3 Å². The minimum absolute atomic E-state index is 0.133. The van der Waals surface area contributed by atoms with Gasteiger partial charge in [-0.3, -0.25) is 16.0 Å². The fourth-order valence-corrected chi connectivity index (χ4v) is 2.28. The lowest BCUT2D eigenvalue weighted by Gasteiger charge is -2.16. The zero-order valence-electron chi connectivity index (χ0n) is 9.77. The van der Waals surface area contributed by atoms with Crippen LogP contribution >= 0.6 is 23.2 Å². The summed E-state index contributed by atoms with van der Waals surface area (Å²) in [6.07, 6.45) is 2.44. The SMILES string of the molecule is Cn1cc(CC(NN)c2ccc(Cl)cc2Cl)nn1. The first kappa shape index (κ1) is 13.3. The van der Waals surface area contributed by atoms with E-state index in [-0.39, 0.29) is 6.04 Å². The molecule has 0 aliphatic heterocycles. The molecule has 1 aromatic carbocycles. The van der Waals surface area contributed by atoms with Crippen molar-refractivity contribution in [1.29, 1.82) is 0 Å². The van der Waals surface area contributed by atoms with Crippen molar-refractivity contribution in [2.45, 2.75) is 12.5 Å². The molecule has 1 aromatic heterocycles. The molecule has 1 atom stereocenters. The van der Waals surface area contributed by atoms with Crippen LogP contribution in [0.2, 0.25) is 10.0 Å². The quantitative estimate of drug-likeness (QED) is 0.665. The van der Waals surface area contributed by atoms with Crippen molar-refractivity contribution >= 4 is 23.2 Å². The molecule has 7 heteroatoms. The predicted octanol–water partition coefficient (Wildman–Crippen LogP) is 1.87. The fraction of sp³-hybridized carbons (Fsp3) is 0.273. The van der Waals surface area contributed by atoms with Gasteiger partial charge in [0, 0.05) is 29.7 Å². The molecule has 0 radical (unpaired) electrons. The second-order valence-electron chi connectivity index (χ2n) is 3.97. The zero-order chi connectivity index (χ0) is 13.1. The van der Waals surface area contributed by atoms with E-state index in [9.17, 15) is 0 Å². The molecule has 1 unspecified atom stereocenters. The Morgan fingerprint density at radius 1 is 1.44 bits per heavy atom. The highest BCUT2D eigenvalue weighted by atomic mass is 35.5. The Morgan fingerprint density at radius 3 is 2.78 bits per heavy atom. The molecule has 5 nitrogen and oxygen atoms in total. The molecule has 2 rings (SSSR count). The smallest absolute Gasteiger partial charge is 0.0846 e. The highest BCUT2D eigenvalue weighted by molar-refractivity contribution is 6.35. The molecule has 0 saturated carbocycles. The summed E-state index contributed by atoms with van der Waals surface area (Å²) in [5, 5.41) is 9.08. The number of aromatic nitrogens is 3. The number of aryl methyl sites for hydroxylation is 1. The number of hydrazine groups is 1. The molecule has 0 aliphatic carbocycles. The molecule has 0 amide bonds. The van der Waals surface area contributed by atoms with E-state index < -0.39 is 0 Å². The summed E-state index contributed by atoms with van der Waals surface area (Å²) in [5.41, 5.74) is 4.45. The van der Waals surface area contributed by atoms with Crippen LogP contribution in [0.3, 0.4) is 0 Å². The third-order valence-corrected chi connectivity index (χ3v) is 3.16. The standard InChI is InChI=1S/C11H13Cl2N5/c1-18-6-8(16-17-18)5-11(15-14)9-3-2-7(12)4-10(9)13/h2-4,6,11,15H,5,14H2,1H3. The number of halogens is 2. The summed E-state index contributed by atoms with van der Waals surface area (Å²) in [7, 11) is 1.82. The van der Waals surface area contributed by atoms with Crippen LogP contribution in [0.5, 0.6) is 0 Å². The van der Waals surface area contributed by atoms with Crippen molar-refractivity contribution < 1.29 is 0 Å². The molecular formula is C11H13Cl2N5. The minimum atomic E-state index is -0.133. The van der Waals surface area contributed by atoms with Gasteiger partial charge in [-0.2, -0.15) is 0 Å². The fourth-order valence-electron chi connectivity index (χ4n) is 1.74. The number of nitrogens with zero attached hydrogens (tertiary/aromatic N) is 3. The summed E-state index contributed by atoms with van der Waals surface area (Å²) in [4.78, 5) is 0. The topological polar surface area (TPSA) is 68.8 Å². The maximum atomic E-state index is 6.15. The van der Waals surface area contributed by atoms with Gasteiger partial charge in [0.05, 0.1) is 11.7 Å². The van der Waals surface area contributed by atoms with Gasteiger partial charge in [-0.1, -0.05) is 34.5 Å². The Morgan fingerprint density at radius 2 is 2.22 bits per heavy atom. The largest absolute Gasteiger partial charge is 0.271 e. The third kappa shape index (κ3) is 3.00. The van der Waals surface area contributed by atoms with Crippen LogP contribution in [0.15, 0.2) is 24.4 Å². The van der Waals surface area contributed by atoms with Crippen molar-refractivity contribution in [2.24, 2.45) is 12.9 Å². The molecule has 2 aromatic rings. The first-order valence-electron chi connectivity index (χ1n) is 5.36. The Bertz CT molecular complexity index is 540. The van der Waals surface area contributed by atoms with E-state index in [1.165, 1.54) is 0 Å². The lowest BCUT2D eigenvalue weighted by molar-refractivity contribution is 0.545. The molecule has 0 aliphatic rings. The minimum Gasteiger partial charge on any atom is -0.271 e. The summed E-state index contributed by atoms with van der Waals surface area (Å²) >= 11 is 12.0. The maximum Gasteiger partial charge on any atom is 0.0846 e. The van der Waals surface area contributed by atoms with Crippen LogP contribution < -0.4 is 11.3 Å². The van der Waals surface area contributed by atoms with Crippen molar-refractivity contribution in [3.05, 3.63) is 45.7 Å². The number of hydrogen-bond donors (Lipinski definition) is 2. The first-order valence-corrected chi connectivity index (χ1v) is 6.12. The number of benzene rings is 1. The van der Waals surface area contributed by atoms with E-state index in [0.29, 0.717) is 16.5 Å². The van der Waals surface area contributed by atoms with Crippen LogP contribution in [0.1, 0.15) is 17.3 Å². The number of rotatable bonds is 4. The Hall–Kier alpha value is -1.14. The van der Waals surface area contributed by atoms with E-state index >= 15 is 0 Å². The van der Waals surface area contributed by atoms with E-state index in [2.05, 4.69) is 15.7 Å². The molecule has 0 saturated heterocycles. The highest BCUT2D eigenvalue weighted by Gasteiger charge is 2.15. The van der Waals surface area contributed by atoms with Gasteiger partial charge < -0.3 is 0 Å². The number of hydrogen-bond acceptors (Lipinski definition) is 4. The van der Waals surface area contributed by atoms with Crippen LogP contribution in [-0.4, -0.2) is 15.0 Å². The summed E-state index contributed by atoms with van der Waals surface area (Å²) in [6.45, 7) is 0. The summed E-state index contributed by atoms with van der Waals surface area (Å²) in [5.74, 6) is 5.57. The number of nitrogens with two attached hydrogens (primary N) is 1. The van der Waals surface area contributed by atoms with Gasteiger partial charge in [-0.15, -0.1) is 5.10 Å². The van der Waals surface area contributed by atoms with Crippen LogP contribution in [-0.2, 0) is 13.5 Å². The normalized spacial score (nSPS) is 12.7. The van der Waals surface area contributed by atoms with Gasteiger partial charge in [0.15, 0.2) is 0 Å². The van der Waals surface area contributed by atoms with Crippen molar-refractivity contribution in [3.63, 3.8) is 0 Å². The number of nitrogens with one attached hydrogen (secondary N) is 1. The summed E-state index contributed by atoms with van der Waals surface area (Å²) < 4.78 is 1.65. The monoisotopic (exact) mass is 285 g/mol. The van der Waals surface area contributed by atoms with Gasteiger partial charge in [0.2, 0.25) is 0 Å². The maximum absolute atomic E-state index is 6.15. The van der Waals surface area contributed by atoms with E-state index in [4.69, 9.17) is 29.0 Å². The Kier molecular flexibility index (Phi) is 4.19. The average molecular weight is 286 g/mol. The molecule has 18 heavy (non-hydrogen) atoms. The molecule has 3 N–H and O–H groups in total. The predicted molar refractivity (Wildman–Crippen MR) is 71.2 cm³/mol. The Balaban J connectivity index is 2.22. The van der Waals surface area contributed by atoms with Crippen LogP contribution in [0, 0.1) is 0 Å². The van der Waals surface area contributed by atoms with Gasteiger partial charge in [0.1, 0.15) is 0 Å². The second-order valence-corrected chi connectivity index (χ2v) is 4.82. The highest BCUT2D eigenvalue weighted by Crippen LogP contribution is 2.27. The third-order valence-electron chi connectivity index (χ3n) is 2.60. The van der Waals surface area contributed by atoms with Crippen LogP contribution in [0.4, 0.5) is 0 Å². The van der Waals surface area contributed by atoms with Crippen molar-refractivity contribution in [2.75, 3.05) is 0 Å². The molecule has 0 fully saturated rings. The van der Waals surface area contributed by atoms with Gasteiger partial charge in [-0.25, -0.2) is 0 Å². The summed E-state index contributed by atoms with van der Waals surface area (Å²) in [6, 6.07) is 5.20. The van der Waals surface area contributed by atoms with Crippen molar-refractivity contribution in [1.82, 2.24) is 20.4 Å². The van der Waals surface area contributed by atoms with Gasteiger partial charge >= 0.3 is 0 Å². The van der Waals surface area contributed by atoms with Gasteiger partial charge in [-0.05, 0) is 17.7 Å². The molecule has 0 spiro atoms. The molecule has 0 bridgehead atoms. The molecule has 96 valence electrons. The molecular weight excluding hydrogens is 273 g/mol. The second kappa shape index (κ2) is 5.67. The Labute approximate surface area is 115 Å². The lowest BCUT2D eigenvalue weighted by Crippen LogP contribution is -2.29.